The van der Waals surface area contributed by atoms with E-state index in [4.69, 9.17) is 0 Å². The SMILES string of the molecule is CS(=O)(=O)c1cccc(-c2nnc(-c3c(Br)c(C(=O)O)nn3-c3ccccc3C(F)(F)F)s2)c1. The van der Waals surface area contributed by atoms with Gasteiger partial charge < -0.3 is 5.11 Å². The number of carbonyl (C=O) groups is 1. The Hall–Kier alpha value is -3.10. The molecule has 0 aliphatic heterocycles. The highest BCUT2D eigenvalue weighted by atomic mass is 79.9. The summed E-state index contributed by atoms with van der Waals surface area (Å²) in [6.45, 7) is 0. The van der Waals surface area contributed by atoms with E-state index in [2.05, 4.69) is 31.2 Å². The molecule has 1 N–H and O–H groups in total. The van der Waals surface area contributed by atoms with E-state index < -0.39 is 38.9 Å². The largest absolute Gasteiger partial charge is 0.476 e. The Bertz CT molecular complexity index is 1530. The molecule has 0 bridgehead atoms. The predicted octanol–water partition coefficient (Wildman–Crippen LogP) is 4.94. The van der Waals surface area contributed by atoms with Crippen LogP contribution in [-0.2, 0) is 16.0 Å². The average Bonchev–Trinajstić information content (AvgIpc) is 3.37. The third kappa shape index (κ3) is 4.48. The number of para-hydroxylation sites is 1. The molecule has 0 atom stereocenters. The van der Waals surface area contributed by atoms with Crippen LogP contribution in [0.1, 0.15) is 16.1 Å². The Labute approximate surface area is 202 Å². The molecule has 8 nitrogen and oxygen atoms in total. The van der Waals surface area contributed by atoms with E-state index in [1.54, 1.807) is 6.07 Å². The maximum atomic E-state index is 13.7. The lowest BCUT2D eigenvalue weighted by atomic mass is 10.1. The summed E-state index contributed by atoms with van der Waals surface area (Å²) in [5, 5.41) is 21.8. The number of aromatic nitrogens is 4. The number of aromatic carboxylic acids is 1. The summed E-state index contributed by atoms with van der Waals surface area (Å²) in [5.41, 5.74) is -1.55. The lowest BCUT2D eigenvalue weighted by Gasteiger charge is -2.14. The number of alkyl halides is 3. The van der Waals surface area contributed by atoms with Crippen LogP contribution in [0.25, 0.3) is 27.0 Å². The molecule has 0 aliphatic carbocycles. The fourth-order valence-electron chi connectivity index (χ4n) is 3.09. The van der Waals surface area contributed by atoms with Crippen molar-refractivity contribution < 1.29 is 31.5 Å². The van der Waals surface area contributed by atoms with Gasteiger partial charge in [0.25, 0.3) is 0 Å². The van der Waals surface area contributed by atoms with Gasteiger partial charge in [-0.3, -0.25) is 0 Å². The molecule has 2 aromatic heterocycles. The standard InChI is InChI=1S/C20H12BrF3N4O4S2/c1-34(31,32)11-6-4-5-10(9-11)17-25-26-18(33-17)16-14(21)15(19(29)30)27-28(16)13-8-3-2-7-12(13)20(22,23)24/h2-9H,1H3,(H,29,30). The number of hydrogen-bond acceptors (Lipinski definition) is 7. The van der Waals surface area contributed by atoms with E-state index in [0.717, 1.165) is 34.4 Å². The van der Waals surface area contributed by atoms with E-state index in [0.29, 0.717) is 5.56 Å². The van der Waals surface area contributed by atoms with Gasteiger partial charge in [0, 0.05) is 11.8 Å². The van der Waals surface area contributed by atoms with E-state index in [-0.39, 0.29) is 25.1 Å². The lowest BCUT2D eigenvalue weighted by molar-refractivity contribution is -0.137. The Morgan fingerprint density at radius 1 is 1.09 bits per heavy atom. The van der Waals surface area contributed by atoms with Gasteiger partial charge in [-0.2, -0.15) is 18.3 Å². The van der Waals surface area contributed by atoms with Crippen LogP contribution in [-0.4, -0.2) is 45.7 Å². The molecule has 0 fully saturated rings. The topological polar surface area (TPSA) is 115 Å². The fourth-order valence-corrected chi connectivity index (χ4v) is 5.37. The van der Waals surface area contributed by atoms with E-state index >= 15 is 0 Å². The number of halogens is 4. The van der Waals surface area contributed by atoms with Crippen molar-refractivity contribution in [1.82, 2.24) is 20.0 Å². The van der Waals surface area contributed by atoms with Crippen LogP contribution in [0.4, 0.5) is 13.2 Å². The number of benzene rings is 2. The molecular weight excluding hydrogens is 561 g/mol. The molecule has 0 saturated carbocycles. The highest BCUT2D eigenvalue weighted by molar-refractivity contribution is 9.10. The highest BCUT2D eigenvalue weighted by Crippen LogP contribution is 2.40. The van der Waals surface area contributed by atoms with Crippen molar-refractivity contribution in [3.63, 3.8) is 0 Å². The van der Waals surface area contributed by atoms with Crippen LogP contribution < -0.4 is 0 Å². The van der Waals surface area contributed by atoms with Crippen LogP contribution in [0.3, 0.4) is 0 Å². The van der Waals surface area contributed by atoms with Crippen molar-refractivity contribution in [3.8, 4) is 27.0 Å². The smallest absolute Gasteiger partial charge is 0.418 e. The van der Waals surface area contributed by atoms with Crippen LogP contribution in [0.15, 0.2) is 57.9 Å². The molecular formula is C20H12BrF3N4O4S2. The summed E-state index contributed by atoms with van der Waals surface area (Å²) < 4.78 is 65.5. The summed E-state index contributed by atoms with van der Waals surface area (Å²) in [7, 11) is -3.49. The van der Waals surface area contributed by atoms with Gasteiger partial charge >= 0.3 is 12.1 Å². The first-order valence-corrected chi connectivity index (χ1v) is 12.7. The molecule has 2 heterocycles. The van der Waals surface area contributed by atoms with Crippen molar-refractivity contribution in [2.24, 2.45) is 0 Å². The normalized spacial score (nSPS) is 12.1. The molecule has 0 spiro atoms. The number of nitrogens with zero attached hydrogens (tertiary/aromatic N) is 4. The Morgan fingerprint density at radius 2 is 1.76 bits per heavy atom. The maximum Gasteiger partial charge on any atom is 0.418 e. The first kappa shape index (κ1) is 24.0. The Morgan fingerprint density at radius 3 is 2.41 bits per heavy atom. The zero-order valence-electron chi connectivity index (χ0n) is 16.9. The minimum absolute atomic E-state index is 0.0443. The third-order valence-corrected chi connectivity index (χ3v) is 7.44. The fraction of sp³-hybridized carbons (Fsp3) is 0.100. The molecule has 176 valence electrons. The Balaban J connectivity index is 1.92. The van der Waals surface area contributed by atoms with Crippen LogP contribution in [0, 0.1) is 0 Å². The van der Waals surface area contributed by atoms with Crippen LogP contribution in [0.2, 0.25) is 0 Å². The van der Waals surface area contributed by atoms with E-state index in [1.807, 2.05) is 0 Å². The number of hydrogen-bond donors (Lipinski definition) is 1. The number of rotatable bonds is 5. The van der Waals surface area contributed by atoms with Crippen molar-refractivity contribution in [3.05, 3.63) is 64.3 Å². The lowest BCUT2D eigenvalue weighted by Crippen LogP contribution is -2.12. The molecule has 0 aliphatic rings. The molecule has 0 amide bonds. The van der Waals surface area contributed by atoms with E-state index in [1.165, 1.54) is 30.3 Å². The van der Waals surface area contributed by atoms with Crippen molar-refractivity contribution in [1.29, 1.82) is 0 Å². The minimum atomic E-state index is -4.73. The van der Waals surface area contributed by atoms with Crippen molar-refractivity contribution in [2.75, 3.05) is 6.26 Å². The van der Waals surface area contributed by atoms with Gasteiger partial charge in [-0.1, -0.05) is 35.6 Å². The molecule has 4 aromatic rings. The molecule has 0 unspecified atom stereocenters. The average molecular weight is 573 g/mol. The first-order chi connectivity index (χ1) is 15.9. The third-order valence-electron chi connectivity index (χ3n) is 4.60. The summed E-state index contributed by atoms with van der Waals surface area (Å²) in [6, 6.07) is 10.5. The molecule has 0 saturated heterocycles. The molecule has 2 aromatic carbocycles. The van der Waals surface area contributed by atoms with Gasteiger partial charge in [0.1, 0.15) is 10.7 Å². The zero-order chi connectivity index (χ0) is 24.8. The molecule has 4 rings (SSSR count). The second-order valence-corrected chi connectivity index (χ2v) is 10.7. The highest BCUT2D eigenvalue weighted by Gasteiger charge is 2.36. The number of sulfone groups is 1. The van der Waals surface area contributed by atoms with Crippen LogP contribution in [0.5, 0.6) is 0 Å². The van der Waals surface area contributed by atoms with Crippen molar-refractivity contribution in [2.45, 2.75) is 11.1 Å². The van der Waals surface area contributed by atoms with Gasteiger partial charge in [-0.25, -0.2) is 17.9 Å². The van der Waals surface area contributed by atoms with Crippen LogP contribution >= 0.6 is 27.3 Å². The van der Waals surface area contributed by atoms with E-state index in [9.17, 15) is 31.5 Å². The van der Waals surface area contributed by atoms with Gasteiger partial charge in [0.2, 0.25) is 0 Å². The molecule has 14 heteroatoms. The quantitative estimate of drug-likeness (QED) is 0.360. The second kappa shape index (κ2) is 8.60. The molecule has 0 radical (unpaired) electrons. The summed E-state index contributed by atoms with van der Waals surface area (Å²) >= 11 is 4.07. The monoisotopic (exact) mass is 572 g/mol. The second-order valence-electron chi connectivity index (χ2n) is 6.96. The van der Waals surface area contributed by atoms with Gasteiger partial charge in [-0.15, -0.1) is 10.2 Å². The first-order valence-electron chi connectivity index (χ1n) is 9.20. The minimum Gasteiger partial charge on any atom is -0.476 e. The number of carboxylic acids is 1. The summed E-state index contributed by atoms with van der Waals surface area (Å²) in [6.07, 6.45) is -3.67. The summed E-state index contributed by atoms with van der Waals surface area (Å²) in [5.74, 6) is -1.46. The predicted molar refractivity (Wildman–Crippen MR) is 121 cm³/mol. The molecule has 34 heavy (non-hydrogen) atoms. The summed E-state index contributed by atoms with van der Waals surface area (Å²) in [4.78, 5) is 11.7. The van der Waals surface area contributed by atoms with Gasteiger partial charge in [0.15, 0.2) is 20.5 Å². The van der Waals surface area contributed by atoms with Gasteiger partial charge in [0.05, 0.1) is 20.6 Å². The maximum absolute atomic E-state index is 13.7. The van der Waals surface area contributed by atoms with Gasteiger partial charge in [-0.05, 0) is 40.2 Å². The zero-order valence-corrected chi connectivity index (χ0v) is 20.1. The van der Waals surface area contributed by atoms with Crippen molar-refractivity contribution >= 4 is 43.1 Å². The Kier molecular flexibility index (Phi) is 6.08. The number of carboxylic acid groups (broad SMARTS) is 1.